The van der Waals surface area contributed by atoms with Crippen molar-refractivity contribution in [2.75, 3.05) is 69.2 Å². The fraction of sp³-hybridized carbons (Fsp3) is 0.655. The summed E-state index contributed by atoms with van der Waals surface area (Å²) in [5.41, 5.74) is 1.03. The van der Waals surface area contributed by atoms with Crippen LogP contribution < -0.4 is 20.9 Å². The lowest BCUT2D eigenvalue weighted by atomic mass is 9.84. The number of nitrogens with one attached hydrogen (secondary N) is 3. The molecule has 2 aliphatic heterocycles. The Morgan fingerprint density at radius 1 is 0.974 bits per heavy atom. The zero-order valence-electron chi connectivity index (χ0n) is 22.6. The monoisotopic (exact) mass is 524 g/mol. The van der Waals surface area contributed by atoms with Gasteiger partial charge in [-0.3, -0.25) is 0 Å². The molecule has 3 aliphatic rings. The van der Waals surface area contributed by atoms with Crippen LogP contribution in [-0.4, -0.2) is 81.0 Å². The number of hydrogen-bond donors (Lipinski definition) is 3. The van der Waals surface area contributed by atoms with Gasteiger partial charge < -0.3 is 34.9 Å². The van der Waals surface area contributed by atoms with Gasteiger partial charge >= 0.3 is 6.03 Å². The van der Waals surface area contributed by atoms with Crippen molar-refractivity contribution in [3.8, 4) is 11.3 Å². The smallest absolute Gasteiger partial charge is 0.317 e. The molecular formula is C29H44N6O3. The molecule has 2 saturated heterocycles. The van der Waals surface area contributed by atoms with Crippen LogP contribution in [-0.2, 0) is 4.74 Å². The molecule has 2 amide bonds. The normalized spacial score (nSPS) is 22.3. The number of hydrogen-bond acceptors (Lipinski definition) is 7. The summed E-state index contributed by atoms with van der Waals surface area (Å²) >= 11 is 0. The molecule has 3 N–H and O–H groups in total. The van der Waals surface area contributed by atoms with Gasteiger partial charge in [0.05, 0.1) is 19.5 Å². The average Bonchev–Trinajstić information content (AvgIpc) is 3.52. The third kappa shape index (κ3) is 7.63. The number of carbonyl (C=O) groups is 1. The number of aromatic nitrogens is 1. The van der Waals surface area contributed by atoms with Gasteiger partial charge in [0.25, 0.3) is 0 Å². The number of nitrogens with zero attached hydrogens (tertiary/aromatic N) is 3. The van der Waals surface area contributed by atoms with Gasteiger partial charge in [-0.25, -0.2) is 9.78 Å². The quantitative estimate of drug-likeness (QED) is 0.399. The number of piperidine rings is 1. The van der Waals surface area contributed by atoms with Gasteiger partial charge in [-0.1, -0.05) is 0 Å². The van der Waals surface area contributed by atoms with E-state index in [9.17, 15) is 4.79 Å². The van der Waals surface area contributed by atoms with Crippen LogP contribution in [0.2, 0.25) is 0 Å². The lowest BCUT2D eigenvalue weighted by Gasteiger charge is -2.33. The zero-order valence-corrected chi connectivity index (χ0v) is 22.6. The number of morpholine rings is 1. The Kier molecular flexibility index (Phi) is 9.77. The van der Waals surface area contributed by atoms with Crippen LogP contribution in [0.3, 0.4) is 0 Å². The van der Waals surface area contributed by atoms with Crippen molar-refractivity contribution in [2.24, 2.45) is 5.92 Å². The van der Waals surface area contributed by atoms with E-state index in [2.05, 4.69) is 33.0 Å². The van der Waals surface area contributed by atoms with E-state index < -0.39 is 0 Å². The van der Waals surface area contributed by atoms with Gasteiger partial charge in [0.15, 0.2) is 0 Å². The summed E-state index contributed by atoms with van der Waals surface area (Å²) in [7, 11) is 0. The van der Waals surface area contributed by atoms with Gasteiger partial charge in [0, 0.05) is 50.9 Å². The van der Waals surface area contributed by atoms with Crippen LogP contribution in [0.1, 0.15) is 51.4 Å². The second-order valence-corrected chi connectivity index (χ2v) is 10.9. The SMILES string of the molecule is O=C(NC1CCC(CCNCCNc2cc(-c3ccco3)cc(N3CCOCC3)n2)CC1)N1CCCCC1. The van der Waals surface area contributed by atoms with E-state index in [-0.39, 0.29) is 6.03 Å². The number of ether oxygens (including phenoxy) is 1. The first kappa shape index (κ1) is 26.8. The van der Waals surface area contributed by atoms with Crippen LogP contribution in [0.25, 0.3) is 11.3 Å². The summed E-state index contributed by atoms with van der Waals surface area (Å²) in [6, 6.07) is 8.57. The van der Waals surface area contributed by atoms with Crippen molar-refractivity contribution in [1.29, 1.82) is 0 Å². The molecule has 3 fully saturated rings. The first-order valence-electron chi connectivity index (χ1n) is 14.6. The topological polar surface area (TPSA) is 94.9 Å². The molecule has 1 saturated carbocycles. The fourth-order valence-corrected chi connectivity index (χ4v) is 5.81. The summed E-state index contributed by atoms with van der Waals surface area (Å²) in [5.74, 6) is 3.43. The zero-order chi connectivity index (χ0) is 26.0. The van der Waals surface area contributed by atoms with E-state index in [0.29, 0.717) is 6.04 Å². The van der Waals surface area contributed by atoms with Gasteiger partial charge in [-0.15, -0.1) is 0 Å². The highest BCUT2D eigenvalue weighted by Gasteiger charge is 2.24. The van der Waals surface area contributed by atoms with Crippen molar-refractivity contribution in [1.82, 2.24) is 20.5 Å². The number of amides is 2. The molecule has 38 heavy (non-hydrogen) atoms. The number of carbonyl (C=O) groups excluding carboxylic acids is 1. The Bertz CT molecular complexity index is 980. The highest BCUT2D eigenvalue weighted by molar-refractivity contribution is 5.74. The summed E-state index contributed by atoms with van der Waals surface area (Å²) < 4.78 is 11.2. The van der Waals surface area contributed by atoms with Crippen molar-refractivity contribution >= 4 is 17.7 Å². The summed E-state index contributed by atoms with van der Waals surface area (Å²) in [6.45, 7) is 7.72. The maximum absolute atomic E-state index is 12.5. The van der Waals surface area contributed by atoms with Crippen molar-refractivity contribution in [3.63, 3.8) is 0 Å². The molecule has 1 aliphatic carbocycles. The minimum atomic E-state index is 0.156. The molecule has 0 atom stereocenters. The third-order valence-electron chi connectivity index (χ3n) is 8.11. The Balaban J connectivity index is 1.00. The van der Waals surface area contributed by atoms with Gasteiger partial charge in [-0.2, -0.15) is 0 Å². The van der Waals surface area contributed by atoms with E-state index in [1.165, 1.54) is 25.7 Å². The highest BCUT2D eigenvalue weighted by Crippen LogP contribution is 2.28. The van der Waals surface area contributed by atoms with Crippen LogP contribution in [0.4, 0.5) is 16.4 Å². The molecule has 2 aromatic heterocycles. The van der Waals surface area contributed by atoms with Crippen molar-refractivity contribution in [3.05, 3.63) is 30.5 Å². The number of pyridine rings is 1. The van der Waals surface area contributed by atoms with Crippen LogP contribution >= 0.6 is 0 Å². The molecular weight excluding hydrogens is 480 g/mol. The van der Waals surface area contributed by atoms with Crippen molar-refractivity contribution in [2.45, 2.75) is 57.4 Å². The molecule has 9 nitrogen and oxygen atoms in total. The highest BCUT2D eigenvalue weighted by atomic mass is 16.5. The number of urea groups is 1. The minimum absolute atomic E-state index is 0.156. The maximum atomic E-state index is 12.5. The molecule has 0 radical (unpaired) electrons. The first-order chi connectivity index (χ1) is 18.7. The van der Waals surface area contributed by atoms with Crippen LogP contribution in [0, 0.1) is 5.92 Å². The Morgan fingerprint density at radius 3 is 2.55 bits per heavy atom. The Morgan fingerprint density at radius 2 is 1.79 bits per heavy atom. The standard InChI is InChI=1S/C29H44N6O3/c36-29(35-14-2-1-3-15-35)32-25-8-6-23(7-9-25)10-11-30-12-13-31-27-21-24(26-5-4-18-38-26)22-28(33-27)34-16-19-37-20-17-34/h4-5,18,21-23,25,30H,1-3,6-17,19-20H2,(H,31,33)(H,32,36). The van der Waals surface area contributed by atoms with Crippen molar-refractivity contribution < 1.29 is 13.9 Å². The van der Waals surface area contributed by atoms with E-state index in [0.717, 1.165) is 114 Å². The fourth-order valence-electron chi connectivity index (χ4n) is 5.81. The number of rotatable bonds is 10. The van der Waals surface area contributed by atoms with Crippen LogP contribution in [0.15, 0.2) is 34.9 Å². The predicted octanol–water partition coefficient (Wildman–Crippen LogP) is 4.32. The molecule has 9 heteroatoms. The third-order valence-corrected chi connectivity index (χ3v) is 8.11. The molecule has 2 aromatic rings. The first-order valence-corrected chi connectivity index (χ1v) is 14.6. The summed E-state index contributed by atoms with van der Waals surface area (Å²) in [4.78, 5) is 21.6. The second kappa shape index (κ2) is 13.8. The lowest BCUT2D eigenvalue weighted by Crippen LogP contribution is -2.47. The number of anilines is 2. The lowest BCUT2D eigenvalue weighted by molar-refractivity contribution is 0.122. The Labute approximate surface area is 226 Å². The van der Waals surface area contributed by atoms with E-state index in [4.69, 9.17) is 14.1 Å². The maximum Gasteiger partial charge on any atom is 0.317 e. The predicted molar refractivity (Wildman–Crippen MR) is 151 cm³/mol. The molecule has 0 spiro atoms. The second-order valence-electron chi connectivity index (χ2n) is 10.9. The Hall–Kier alpha value is -2.78. The van der Waals surface area contributed by atoms with Gasteiger partial charge in [0.2, 0.25) is 0 Å². The average molecular weight is 525 g/mol. The van der Waals surface area contributed by atoms with E-state index in [1.807, 2.05) is 17.0 Å². The van der Waals surface area contributed by atoms with Gasteiger partial charge in [0.1, 0.15) is 17.4 Å². The minimum Gasteiger partial charge on any atom is -0.464 e. The van der Waals surface area contributed by atoms with Gasteiger partial charge in [-0.05, 0) is 88.1 Å². The van der Waals surface area contributed by atoms with E-state index in [1.54, 1.807) is 6.26 Å². The number of furan rings is 1. The largest absolute Gasteiger partial charge is 0.464 e. The molecule has 0 unspecified atom stereocenters. The molecule has 0 aromatic carbocycles. The molecule has 4 heterocycles. The molecule has 208 valence electrons. The van der Waals surface area contributed by atoms with E-state index >= 15 is 0 Å². The number of likely N-dealkylation sites (tertiary alicyclic amines) is 1. The molecule has 0 bridgehead atoms. The van der Waals surface area contributed by atoms with Crippen LogP contribution in [0.5, 0.6) is 0 Å². The summed E-state index contributed by atoms with van der Waals surface area (Å²) in [6.07, 6.45) is 11.1. The molecule has 5 rings (SSSR count). The summed E-state index contributed by atoms with van der Waals surface area (Å²) in [5, 5.41) is 10.4.